The molecule has 0 N–H and O–H groups in total. The third-order valence-electron chi connectivity index (χ3n) is 3.27. The molecule has 0 amide bonds. The Labute approximate surface area is 136 Å². The highest BCUT2D eigenvalue weighted by atomic mass is 16.5. The lowest BCUT2D eigenvalue weighted by atomic mass is 9.90. The molecule has 0 unspecified atom stereocenters. The molecule has 2 aromatic carbocycles. The molecule has 0 radical (unpaired) electrons. The molecule has 118 valence electrons. The predicted octanol–water partition coefficient (Wildman–Crippen LogP) is 4.50. The summed E-state index contributed by atoms with van der Waals surface area (Å²) in [7, 11) is 0. The molecular weight excluding hydrogens is 288 g/mol. The Morgan fingerprint density at radius 3 is 1.78 bits per heavy atom. The molecule has 2 rings (SSSR count). The van der Waals surface area contributed by atoms with Gasteiger partial charge in [0, 0.05) is 17.1 Å². The normalized spacial score (nSPS) is 11.9. The fourth-order valence-corrected chi connectivity index (χ4v) is 1.84. The summed E-state index contributed by atoms with van der Waals surface area (Å²) in [6.45, 7) is 5.48. The lowest BCUT2D eigenvalue weighted by Crippen LogP contribution is -2.18. The standard InChI is InChI=1S/C20H20O3/c1-20(2,3)18(21)14-17(15-10-6-4-7-11-15)23-19(22)16-12-8-5-9-13-16/h4-14H,1-3H3/b17-14+. The highest BCUT2D eigenvalue weighted by molar-refractivity contribution is 6.01. The molecule has 0 heterocycles. The Balaban J connectivity index is 2.33. The molecule has 3 nitrogen and oxygen atoms in total. The van der Waals surface area contributed by atoms with Crippen molar-refractivity contribution >= 4 is 17.5 Å². The van der Waals surface area contributed by atoms with E-state index in [0.717, 1.165) is 0 Å². The Kier molecular flexibility index (Phi) is 5.12. The molecule has 0 atom stereocenters. The molecule has 0 aliphatic carbocycles. The summed E-state index contributed by atoms with van der Waals surface area (Å²) in [6, 6.07) is 17.9. The van der Waals surface area contributed by atoms with Crippen molar-refractivity contribution in [2.24, 2.45) is 5.41 Å². The number of allylic oxidation sites excluding steroid dienone is 1. The van der Waals surface area contributed by atoms with Crippen molar-refractivity contribution in [2.75, 3.05) is 0 Å². The second-order valence-electron chi connectivity index (χ2n) is 6.24. The summed E-state index contributed by atoms with van der Waals surface area (Å²) in [5.74, 6) is -0.320. The van der Waals surface area contributed by atoms with Crippen molar-refractivity contribution in [3.05, 3.63) is 77.9 Å². The monoisotopic (exact) mass is 308 g/mol. The molecule has 0 aliphatic heterocycles. The molecule has 3 heteroatoms. The van der Waals surface area contributed by atoms with Gasteiger partial charge in [-0.15, -0.1) is 0 Å². The van der Waals surface area contributed by atoms with Crippen LogP contribution in [0.25, 0.3) is 5.76 Å². The highest BCUT2D eigenvalue weighted by Crippen LogP contribution is 2.22. The molecule has 23 heavy (non-hydrogen) atoms. The van der Waals surface area contributed by atoms with Crippen LogP contribution in [0.15, 0.2) is 66.7 Å². The minimum Gasteiger partial charge on any atom is -0.422 e. The van der Waals surface area contributed by atoms with Crippen LogP contribution >= 0.6 is 0 Å². The third-order valence-corrected chi connectivity index (χ3v) is 3.27. The molecule has 0 fully saturated rings. The van der Waals surface area contributed by atoms with E-state index in [-0.39, 0.29) is 11.5 Å². The Bertz CT molecular complexity index is 708. The zero-order valence-electron chi connectivity index (χ0n) is 13.6. The summed E-state index contributed by atoms with van der Waals surface area (Å²) in [5, 5.41) is 0. The molecular formula is C20H20O3. The van der Waals surface area contributed by atoms with Crippen LogP contribution in [0, 0.1) is 5.41 Å². The van der Waals surface area contributed by atoms with Gasteiger partial charge >= 0.3 is 5.97 Å². The van der Waals surface area contributed by atoms with Gasteiger partial charge in [0.1, 0.15) is 5.76 Å². The quantitative estimate of drug-likeness (QED) is 0.474. The molecule has 0 saturated carbocycles. The van der Waals surface area contributed by atoms with Crippen LogP contribution in [-0.2, 0) is 9.53 Å². The maximum atomic E-state index is 12.3. The average Bonchev–Trinajstić information content (AvgIpc) is 2.55. The average molecular weight is 308 g/mol. The van der Waals surface area contributed by atoms with Crippen LogP contribution in [-0.4, -0.2) is 11.8 Å². The maximum absolute atomic E-state index is 12.3. The van der Waals surface area contributed by atoms with Gasteiger partial charge in [0.15, 0.2) is 5.78 Å². The van der Waals surface area contributed by atoms with Gasteiger partial charge in [-0.05, 0) is 12.1 Å². The van der Waals surface area contributed by atoms with Crippen molar-refractivity contribution in [1.82, 2.24) is 0 Å². The summed E-state index contributed by atoms with van der Waals surface area (Å²) < 4.78 is 5.49. The van der Waals surface area contributed by atoms with Gasteiger partial charge in [-0.1, -0.05) is 69.3 Å². The van der Waals surface area contributed by atoms with Gasteiger partial charge < -0.3 is 4.74 Å². The van der Waals surface area contributed by atoms with Gasteiger partial charge in [0.05, 0.1) is 5.56 Å². The van der Waals surface area contributed by atoms with Crippen molar-refractivity contribution in [3.63, 3.8) is 0 Å². The number of esters is 1. The van der Waals surface area contributed by atoms with E-state index in [1.54, 1.807) is 36.4 Å². The largest absolute Gasteiger partial charge is 0.422 e. The van der Waals surface area contributed by atoms with E-state index in [2.05, 4.69) is 0 Å². The van der Waals surface area contributed by atoms with Gasteiger partial charge in [-0.3, -0.25) is 4.79 Å². The maximum Gasteiger partial charge on any atom is 0.343 e. The van der Waals surface area contributed by atoms with Crippen molar-refractivity contribution in [1.29, 1.82) is 0 Å². The zero-order valence-corrected chi connectivity index (χ0v) is 13.6. The van der Waals surface area contributed by atoms with Crippen LogP contribution in [0.3, 0.4) is 0 Å². The number of hydrogen-bond donors (Lipinski definition) is 0. The van der Waals surface area contributed by atoms with Crippen molar-refractivity contribution in [3.8, 4) is 0 Å². The Morgan fingerprint density at radius 2 is 1.30 bits per heavy atom. The SMILES string of the molecule is CC(C)(C)C(=O)/C=C(/OC(=O)c1ccccc1)c1ccccc1. The third kappa shape index (κ3) is 4.65. The molecule has 0 spiro atoms. The molecule has 2 aromatic rings. The second kappa shape index (κ2) is 7.05. The first-order valence-electron chi connectivity index (χ1n) is 7.47. The number of ether oxygens (including phenoxy) is 1. The molecule has 0 bridgehead atoms. The number of rotatable bonds is 4. The number of hydrogen-bond acceptors (Lipinski definition) is 3. The second-order valence-corrected chi connectivity index (χ2v) is 6.24. The van der Waals surface area contributed by atoms with E-state index in [1.165, 1.54) is 6.08 Å². The minimum absolute atomic E-state index is 0.0998. The first-order valence-corrected chi connectivity index (χ1v) is 7.47. The molecule has 0 saturated heterocycles. The summed E-state index contributed by atoms with van der Waals surface area (Å²) in [4.78, 5) is 24.6. The van der Waals surface area contributed by atoms with Crippen LogP contribution in [0.5, 0.6) is 0 Å². The van der Waals surface area contributed by atoms with Gasteiger partial charge in [0.2, 0.25) is 0 Å². The summed E-state index contributed by atoms with van der Waals surface area (Å²) in [6.07, 6.45) is 1.40. The van der Waals surface area contributed by atoms with Crippen molar-refractivity contribution < 1.29 is 14.3 Å². The predicted molar refractivity (Wildman–Crippen MR) is 90.7 cm³/mol. The summed E-state index contributed by atoms with van der Waals surface area (Å²) in [5.41, 5.74) is 0.589. The topological polar surface area (TPSA) is 43.4 Å². The van der Waals surface area contributed by atoms with Crippen molar-refractivity contribution in [2.45, 2.75) is 20.8 Å². The van der Waals surface area contributed by atoms with Crippen LogP contribution < -0.4 is 0 Å². The van der Waals surface area contributed by atoms with E-state index < -0.39 is 11.4 Å². The summed E-state index contributed by atoms with van der Waals surface area (Å²) >= 11 is 0. The smallest absolute Gasteiger partial charge is 0.343 e. The number of ketones is 1. The minimum atomic E-state index is -0.542. The first-order chi connectivity index (χ1) is 10.9. The van der Waals surface area contributed by atoms with Crippen LogP contribution in [0.1, 0.15) is 36.7 Å². The first kappa shape index (κ1) is 16.7. The van der Waals surface area contributed by atoms with E-state index in [4.69, 9.17) is 4.74 Å². The Hall–Kier alpha value is -2.68. The van der Waals surface area contributed by atoms with Gasteiger partial charge in [0.25, 0.3) is 0 Å². The highest BCUT2D eigenvalue weighted by Gasteiger charge is 2.21. The lowest BCUT2D eigenvalue weighted by Gasteiger charge is -2.15. The lowest BCUT2D eigenvalue weighted by molar-refractivity contribution is -0.121. The number of carbonyl (C=O) groups is 2. The number of benzene rings is 2. The van der Waals surface area contributed by atoms with E-state index in [1.807, 2.05) is 45.0 Å². The van der Waals surface area contributed by atoms with E-state index in [0.29, 0.717) is 11.1 Å². The van der Waals surface area contributed by atoms with Crippen LogP contribution in [0.2, 0.25) is 0 Å². The molecule has 0 aromatic heterocycles. The Morgan fingerprint density at radius 1 is 0.826 bits per heavy atom. The van der Waals surface area contributed by atoms with E-state index >= 15 is 0 Å². The van der Waals surface area contributed by atoms with Gasteiger partial charge in [-0.2, -0.15) is 0 Å². The fourth-order valence-electron chi connectivity index (χ4n) is 1.84. The zero-order chi connectivity index (χ0) is 16.9. The van der Waals surface area contributed by atoms with Gasteiger partial charge in [-0.25, -0.2) is 4.79 Å². The van der Waals surface area contributed by atoms with Crippen LogP contribution in [0.4, 0.5) is 0 Å². The number of carbonyl (C=O) groups excluding carboxylic acids is 2. The van der Waals surface area contributed by atoms with E-state index in [9.17, 15) is 9.59 Å². The molecule has 0 aliphatic rings. The fraction of sp³-hybridized carbons (Fsp3) is 0.200.